The summed E-state index contributed by atoms with van der Waals surface area (Å²) in [6, 6.07) is 7.75. The Hall–Kier alpha value is -1.95. The first-order chi connectivity index (χ1) is 14.1. The SMILES string of the molecule is CCC[C@H](C)NC(=O)COC(=O)c1oc2ccccc2c1CSC1CCCCC1. The van der Waals surface area contributed by atoms with Crippen molar-refractivity contribution < 1.29 is 18.7 Å². The predicted octanol–water partition coefficient (Wildman–Crippen LogP) is 5.46. The van der Waals surface area contributed by atoms with Gasteiger partial charge in [0.25, 0.3) is 5.91 Å². The van der Waals surface area contributed by atoms with Gasteiger partial charge in [-0.15, -0.1) is 0 Å². The van der Waals surface area contributed by atoms with Crippen molar-refractivity contribution in [2.45, 2.75) is 75.8 Å². The van der Waals surface area contributed by atoms with Gasteiger partial charge in [0.05, 0.1) is 0 Å². The number of esters is 1. The maximum absolute atomic E-state index is 12.7. The molecular weight excluding hydrogens is 386 g/mol. The van der Waals surface area contributed by atoms with Crippen LogP contribution in [0.1, 0.15) is 74.9 Å². The topological polar surface area (TPSA) is 68.5 Å². The lowest BCUT2D eigenvalue weighted by atomic mass is 10.0. The van der Waals surface area contributed by atoms with Crippen molar-refractivity contribution in [2.24, 2.45) is 0 Å². The van der Waals surface area contributed by atoms with Gasteiger partial charge in [-0.2, -0.15) is 11.8 Å². The molecule has 0 saturated heterocycles. The summed E-state index contributed by atoms with van der Waals surface area (Å²) in [7, 11) is 0. The van der Waals surface area contributed by atoms with E-state index < -0.39 is 5.97 Å². The maximum Gasteiger partial charge on any atom is 0.375 e. The average molecular weight is 418 g/mol. The van der Waals surface area contributed by atoms with Crippen LogP contribution in [0.5, 0.6) is 0 Å². The molecule has 3 rings (SSSR count). The summed E-state index contributed by atoms with van der Waals surface area (Å²) < 4.78 is 11.1. The summed E-state index contributed by atoms with van der Waals surface area (Å²) in [5, 5.41) is 4.43. The number of amides is 1. The second-order valence-electron chi connectivity index (χ2n) is 7.81. The Balaban J connectivity index is 1.67. The molecule has 6 heteroatoms. The lowest BCUT2D eigenvalue weighted by Gasteiger charge is -2.20. The molecule has 0 spiro atoms. The van der Waals surface area contributed by atoms with Crippen LogP contribution in [-0.2, 0) is 15.3 Å². The summed E-state index contributed by atoms with van der Waals surface area (Å²) in [6.07, 6.45) is 8.23. The van der Waals surface area contributed by atoms with E-state index in [1.807, 2.05) is 43.0 Å². The third-order valence-electron chi connectivity index (χ3n) is 5.36. The van der Waals surface area contributed by atoms with E-state index in [1.165, 1.54) is 32.1 Å². The predicted molar refractivity (Wildman–Crippen MR) is 117 cm³/mol. The lowest BCUT2D eigenvalue weighted by molar-refractivity contribution is -0.124. The Bertz CT molecular complexity index is 825. The molecule has 5 nitrogen and oxygen atoms in total. The Morgan fingerprint density at radius 1 is 1.24 bits per heavy atom. The second kappa shape index (κ2) is 10.7. The first-order valence-corrected chi connectivity index (χ1v) is 11.7. The summed E-state index contributed by atoms with van der Waals surface area (Å²) in [4.78, 5) is 24.7. The fraction of sp³-hybridized carbons (Fsp3) is 0.565. The van der Waals surface area contributed by atoms with Crippen LogP contribution >= 0.6 is 11.8 Å². The van der Waals surface area contributed by atoms with E-state index in [1.54, 1.807) is 0 Å². The van der Waals surface area contributed by atoms with Gasteiger partial charge in [-0.05, 0) is 32.3 Å². The number of rotatable bonds is 9. The van der Waals surface area contributed by atoms with E-state index >= 15 is 0 Å². The first-order valence-electron chi connectivity index (χ1n) is 10.7. The van der Waals surface area contributed by atoms with E-state index in [0.29, 0.717) is 16.6 Å². The van der Waals surface area contributed by atoms with Crippen LogP contribution in [-0.4, -0.2) is 29.8 Å². The number of nitrogens with one attached hydrogen (secondary N) is 1. The van der Waals surface area contributed by atoms with Gasteiger partial charge in [0, 0.05) is 28.0 Å². The molecule has 1 aliphatic rings. The van der Waals surface area contributed by atoms with Crippen molar-refractivity contribution in [3.63, 3.8) is 0 Å². The molecule has 1 aromatic heterocycles. The van der Waals surface area contributed by atoms with Crippen LogP contribution in [0.25, 0.3) is 11.0 Å². The average Bonchev–Trinajstić information content (AvgIpc) is 3.10. The molecule has 1 atom stereocenters. The zero-order valence-corrected chi connectivity index (χ0v) is 18.2. The van der Waals surface area contributed by atoms with Gasteiger partial charge in [0.1, 0.15) is 5.58 Å². The number of carbonyl (C=O) groups excluding carboxylic acids is 2. The van der Waals surface area contributed by atoms with Gasteiger partial charge in [0.15, 0.2) is 6.61 Å². The maximum atomic E-state index is 12.7. The molecule has 1 aromatic carbocycles. The number of thioether (sulfide) groups is 1. The highest BCUT2D eigenvalue weighted by Gasteiger charge is 2.24. The number of fused-ring (bicyclic) bond motifs is 1. The molecule has 2 aromatic rings. The van der Waals surface area contributed by atoms with Gasteiger partial charge in [-0.3, -0.25) is 4.79 Å². The minimum atomic E-state index is -0.571. The number of furan rings is 1. The van der Waals surface area contributed by atoms with Crippen LogP contribution < -0.4 is 5.32 Å². The molecular formula is C23H31NO4S. The molecule has 29 heavy (non-hydrogen) atoms. The molecule has 0 aliphatic heterocycles. The van der Waals surface area contributed by atoms with Crippen molar-refractivity contribution in [2.75, 3.05) is 6.61 Å². The molecule has 0 radical (unpaired) electrons. The van der Waals surface area contributed by atoms with Crippen LogP contribution in [0.2, 0.25) is 0 Å². The summed E-state index contributed by atoms with van der Waals surface area (Å²) in [5.41, 5.74) is 1.56. The van der Waals surface area contributed by atoms with Gasteiger partial charge >= 0.3 is 5.97 Å². The zero-order valence-electron chi connectivity index (χ0n) is 17.4. The molecule has 1 amide bonds. The molecule has 0 unspecified atom stereocenters. The Morgan fingerprint density at radius 3 is 2.76 bits per heavy atom. The minimum Gasteiger partial charge on any atom is -0.450 e. The van der Waals surface area contributed by atoms with Crippen molar-refractivity contribution in [3.05, 3.63) is 35.6 Å². The van der Waals surface area contributed by atoms with E-state index in [0.717, 1.165) is 23.8 Å². The molecule has 1 saturated carbocycles. The van der Waals surface area contributed by atoms with Gasteiger partial charge in [0.2, 0.25) is 5.76 Å². The van der Waals surface area contributed by atoms with Gasteiger partial charge in [-0.1, -0.05) is 50.8 Å². The third-order valence-corrected chi connectivity index (χ3v) is 6.76. The fourth-order valence-electron chi connectivity index (χ4n) is 3.86. The molecule has 0 bridgehead atoms. The summed E-state index contributed by atoms with van der Waals surface area (Å²) in [6.45, 7) is 3.72. The van der Waals surface area contributed by atoms with Crippen LogP contribution in [0.3, 0.4) is 0 Å². The highest BCUT2D eigenvalue weighted by molar-refractivity contribution is 7.99. The molecule has 1 aliphatic carbocycles. The standard InChI is InChI=1S/C23H31NO4S/c1-3-9-16(2)24-21(25)14-27-23(26)22-19(15-29-17-10-5-4-6-11-17)18-12-7-8-13-20(18)28-22/h7-8,12-13,16-17H,3-6,9-11,14-15H2,1-2H3,(H,24,25)/t16-/m0/s1. The van der Waals surface area contributed by atoms with Crippen LogP contribution in [0.4, 0.5) is 0 Å². The Kier molecular flexibility index (Phi) is 8.04. The summed E-state index contributed by atoms with van der Waals surface area (Å²) in [5.74, 6) is 0.0856. The van der Waals surface area contributed by atoms with E-state index in [-0.39, 0.29) is 24.3 Å². The van der Waals surface area contributed by atoms with E-state index in [4.69, 9.17) is 9.15 Å². The highest BCUT2D eigenvalue weighted by Crippen LogP contribution is 2.35. The summed E-state index contributed by atoms with van der Waals surface area (Å²) >= 11 is 1.89. The van der Waals surface area contributed by atoms with Crippen LogP contribution in [0, 0.1) is 0 Å². The molecule has 1 heterocycles. The Labute approximate surface area is 176 Å². The number of ether oxygens (including phenoxy) is 1. The minimum absolute atomic E-state index is 0.0693. The quantitative estimate of drug-likeness (QED) is 0.549. The second-order valence-corrected chi connectivity index (χ2v) is 9.10. The number of hydrogen-bond donors (Lipinski definition) is 1. The zero-order chi connectivity index (χ0) is 20.6. The van der Waals surface area contributed by atoms with Crippen molar-refractivity contribution >= 4 is 34.6 Å². The number of para-hydroxylation sites is 1. The van der Waals surface area contributed by atoms with E-state index in [9.17, 15) is 9.59 Å². The first kappa shape index (κ1) is 21.8. The highest BCUT2D eigenvalue weighted by atomic mass is 32.2. The lowest BCUT2D eigenvalue weighted by Crippen LogP contribution is -2.35. The normalized spacial score (nSPS) is 15.9. The largest absolute Gasteiger partial charge is 0.450 e. The van der Waals surface area contributed by atoms with Gasteiger partial charge < -0.3 is 14.5 Å². The Morgan fingerprint density at radius 2 is 2.00 bits per heavy atom. The fourth-order valence-corrected chi connectivity index (χ4v) is 5.21. The molecule has 1 fully saturated rings. The molecule has 1 N–H and O–H groups in total. The van der Waals surface area contributed by atoms with E-state index in [2.05, 4.69) is 12.2 Å². The number of hydrogen-bond acceptors (Lipinski definition) is 5. The number of benzene rings is 1. The van der Waals surface area contributed by atoms with Crippen molar-refractivity contribution in [1.29, 1.82) is 0 Å². The molecule has 158 valence electrons. The van der Waals surface area contributed by atoms with Crippen molar-refractivity contribution in [1.82, 2.24) is 5.32 Å². The smallest absolute Gasteiger partial charge is 0.375 e. The van der Waals surface area contributed by atoms with Gasteiger partial charge in [-0.25, -0.2) is 4.79 Å². The number of carbonyl (C=O) groups is 2. The monoisotopic (exact) mass is 417 g/mol. The van der Waals surface area contributed by atoms with Crippen molar-refractivity contribution in [3.8, 4) is 0 Å². The third kappa shape index (κ3) is 6.01. The van der Waals surface area contributed by atoms with Crippen LogP contribution in [0.15, 0.2) is 28.7 Å².